The highest BCUT2D eigenvalue weighted by atomic mass is 19.1. The van der Waals surface area contributed by atoms with E-state index in [0.717, 1.165) is 11.1 Å². The number of carbonyl (C=O) groups excluding carboxylic acids is 1. The molecule has 0 spiro atoms. The third kappa shape index (κ3) is 3.84. The molecular formula is C25H24FN9O. The molecule has 11 heteroatoms. The quantitative estimate of drug-likeness (QED) is 0.341. The zero-order chi connectivity index (χ0) is 24.8. The molecule has 2 aliphatic rings. The molecule has 182 valence electrons. The molecule has 6 rings (SSSR count). The predicted octanol–water partition coefficient (Wildman–Crippen LogP) is 3.00. The van der Waals surface area contributed by atoms with Crippen molar-refractivity contribution < 1.29 is 9.18 Å². The summed E-state index contributed by atoms with van der Waals surface area (Å²) in [6.07, 6.45) is 1.45. The Morgan fingerprint density at radius 2 is 1.86 bits per heavy atom. The summed E-state index contributed by atoms with van der Waals surface area (Å²) < 4.78 is 16.7. The molecular weight excluding hydrogens is 461 g/mol. The molecule has 0 atom stereocenters. The normalized spacial score (nSPS) is 15.8. The SMILES string of the molecule is CC(C)n1cnnc1-c1cccc(N2Cc3ccc(-c4cc(C5NNNN5)ccc4F)cc3C2=O)n1. The summed E-state index contributed by atoms with van der Waals surface area (Å²) in [5, 5.41) is 8.24. The summed E-state index contributed by atoms with van der Waals surface area (Å²) >= 11 is 0. The third-order valence-electron chi connectivity index (χ3n) is 6.41. The Morgan fingerprint density at radius 3 is 2.67 bits per heavy atom. The number of halogens is 1. The maximum Gasteiger partial charge on any atom is 0.260 e. The molecule has 0 aliphatic carbocycles. The van der Waals surface area contributed by atoms with E-state index in [1.54, 1.807) is 35.5 Å². The first kappa shape index (κ1) is 22.4. The average Bonchev–Trinajstić information content (AvgIpc) is 3.65. The highest BCUT2D eigenvalue weighted by Gasteiger charge is 2.30. The number of hydrogen-bond acceptors (Lipinski definition) is 8. The van der Waals surface area contributed by atoms with Crippen molar-refractivity contribution in [3.05, 3.63) is 83.4 Å². The van der Waals surface area contributed by atoms with Gasteiger partial charge in [-0.25, -0.2) is 20.2 Å². The van der Waals surface area contributed by atoms with Gasteiger partial charge in [0.15, 0.2) is 5.82 Å². The van der Waals surface area contributed by atoms with Gasteiger partial charge in [-0.3, -0.25) is 9.69 Å². The molecule has 2 aromatic carbocycles. The molecule has 4 heterocycles. The molecule has 4 aromatic rings. The smallest absolute Gasteiger partial charge is 0.260 e. The number of carbonyl (C=O) groups is 1. The van der Waals surface area contributed by atoms with E-state index in [2.05, 4.69) is 32.1 Å². The minimum Gasteiger partial charge on any atom is -0.310 e. The highest BCUT2D eigenvalue weighted by Crippen LogP contribution is 2.33. The van der Waals surface area contributed by atoms with Gasteiger partial charge < -0.3 is 4.57 Å². The number of nitrogens with one attached hydrogen (secondary N) is 4. The van der Waals surface area contributed by atoms with Crippen LogP contribution in [0, 0.1) is 5.82 Å². The van der Waals surface area contributed by atoms with Crippen molar-refractivity contribution >= 4 is 11.7 Å². The lowest BCUT2D eigenvalue weighted by Crippen LogP contribution is -2.33. The fraction of sp³-hybridized carbons (Fsp3) is 0.200. The van der Waals surface area contributed by atoms with Crippen molar-refractivity contribution in [3.63, 3.8) is 0 Å². The number of aromatic nitrogens is 4. The van der Waals surface area contributed by atoms with Crippen LogP contribution in [0.3, 0.4) is 0 Å². The van der Waals surface area contributed by atoms with Gasteiger partial charge in [0.05, 0.1) is 6.54 Å². The van der Waals surface area contributed by atoms with Crippen molar-refractivity contribution in [1.82, 2.24) is 41.7 Å². The molecule has 1 saturated heterocycles. The van der Waals surface area contributed by atoms with E-state index in [9.17, 15) is 9.18 Å². The van der Waals surface area contributed by atoms with E-state index in [-0.39, 0.29) is 23.9 Å². The second-order valence-electron chi connectivity index (χ2n) is 9.01. The van der Waals surface area contributed by atoms with Crippen molar-refractivity contribution in [2.75, 3.05) is 4.90 Å². The minimum absolute atomic E-state index is 0.170. The summed E-state index contributed by atoms with van der Waals surface area (Å²) in [4.78, 5) is 19.8. The van der Waals surface area contributed by atoms with Crippen LogP contribution in [0.1, 0.15) is 47.5 Å². The van der Waals surface area contributed by atoms with Gasteiger partial charge in [0, 0.05) is 17.2 Å². The van der Waals surface area contributed by atoms with Gasteiger partial charge in [-0.15, -0.1) is 10.2 Å². The van der Waals surface area contributed by atoms with Gasteiger partial charge in [-0.2, -0.15) is 11.1 Å². The lowest BCUT2D eigenvalue weighted by Gasteiger charge is -2.16. The maximum atomic E-state index is 14.8. The van der Waals surface area contributed by atoms with Gasteiger partial charge in [-0.05, 0) is 60.9 Å². The van der Waals surface area contributed by atoms with Crippen LogP contribution in [0.15, 0.2) is 60.9 Å². The first-order valence-electron chi connectivity index (χ1n) is 11.6. The average molecular weight is 486 g/mol. The van der Waals surface area contributed by atoms with E-state index in [4.69, 9.17) is 4.98 Å². The van der Waals surface area contributed by atoms with Crippen LogP contribution in [0.2, 0.25) is 0 Å². The Hall–Kier alpha value is -4.03. The molecule has 0 bridgehead atoms. The molecule has 2 aliphatic heterocycles. The largest absolute Gasteiger partial charge is 0.310 e. The van der Waals surface area contributed by atoms with E-state index < -0.39 is 0 Å². The summed E-state index contributed by atoms with van der Waals surface area (Å²) in [5.74, 6) is 0.639. The molecule has 36 heavy (non-hydrogen) atoms. The van der Waals surface area contributed by atoms with Crippen LogP contribution in [-0.2, 0) is 6.54 Å². The fourth-order valence-corrected chi connectivity index (χ4v) is 4.52. The number of hydrazine groups is 3. The highest BCUT2D eigenvalue weighted by molar-refractivity contribution is 6.10. The zero-order valence-electron chi connectivity index (χ0n) is 19.7. The summed E-state index contributed by atoms with van der Waals surface area (Å²) in [6.45, 7) is 4.47. The monoisotopic (exact) mass is 485 g/mol. The Morgan fingerprint density at radius 1 is 1.03 bits per heavy atom. The lowest BCUT2D eigenvalue weighted by molar-refractivity contribution is 0.0996. The Bertz CT molecular complexity index is 1460. The van der Waals surface area contributed by atoms with Crippen LogP contribution in [-0.4, -0.2) is 25.7 Å². The first-order chi connectivity index (χ1) is 17.5. The second kappa shape index (κ2) is 8.88. The Kier molecular flexibility index (Phi) is 5.53. The van der Waals surface area contributed by atoms with Gasteiger partial charge in [0.1, 0.15) is 29.8 Å². The summed E-state index contributed by atoms with van der Waals surface area (Å²) in [6, 6.07) is 16.1. The molecule has 2 aromatic heterocycles. The number of fused-ring (bicyclic) bond motifs is 1. The van der Waals surface area contributed by atoms with Crippen LogP contribution < -0.4 is 26.8 Å². The Balaban J connectivity index is 1.31. The molecule has 1 amide bonds. The predicted molar refractivity (Wildman–Crippen MR) is 131 cm³/mol. The van der Waals surface area contributed by atoms with Crippen molar-refractivity contribution in [2.45, 2.75) is 32.6 Å². The summed E-state index contributed by atoms with van der Waals surface area (Å²) in [7, 11) is 0. The van der Waals surface area contributed by atoms with Crippen LogP contribution in [0.4, 0.5) is 10.2 Å². The van der Waals surface area contributed by atoms with Crippen molar-refractivity contribution in [3.8, 4) is 22.6 Å². The molecule has 1 fully saturated rings. The van der Waals surface area contributed by atoms with Crippen molar-refractivity contribution in [2.24, 2.45) is 0 Å². The minimum atomic E-state index is -0.358. The standard InChI is InChI=1S/C25H24FN9O/c1-14(2)35-13-27-31-24(35)21-4-3-5-22(28-21)34-12-17-7-6-15(10-19(17)25(34)36)18-11-16(8-9-20(18)26)23-29-32-33-30-23/h3-11,13-14,23,29-30,32-33H,12H2,1-2H3. The zero-order valence-corrected chi connectivity index (χ0v) is 19.7. The van der Waals surface area contributed by atoms with Gasteiger partial charge in [0.25, 0.3) is 5.91 Å². The van der Waals surface area contributed by atoms with Crippen LogP contribution >= 0.6 is 0 Å². The number of benzene rings is 2. The third-order valence-corrected chi connectivity index (χ3v) is 6.41. The number of anilines is 1. The fourth-order valence-electron chi connectivity index (χ4n) is 4.52. The van der Waals surface area contributed by atoms with E-state index in [0.29, 0.717) is 40.6 Å². The first-order valence-corrected chi connectivity index (χ1v) is 11.6. The van der Waals surface area contributed by atoms with Crippen molar-refractivity contribution in [1.29, 1.82) is 0 Å². The van der Waals surface area contributed by atoms with Gasteiger partial charge >= 0.3 is 0 Å². The van der Waals surface area contributed by atoms with Gasteiger partial charge in [0.2, 0.25) is 0 Å². The molecule has 0 radical (unpaired) electrons. The number of amides is 1. The number of nitrogens with zero attached hydrogens (tertiary/aromatic N) is 5. The molecule has 0 unspecified atom stereocenters. The number of pyridine rings is 1. The second-order valence-corrected chi connectivity index (χ2v) is 9.01. The van der Waals surface area contributed by atoms with Crippen LogP contribution in [0.25, 0.3) is 22.6 Å². The number of rotatable bonds is 5. The lowest BCUT2D eigenvalue weighted by atomic mass is 9.98. The molecule has 0 saturated carbocycles. The van der Waals surface area contributed by atoms with E-state index >= 15 is 0 Å². The van der Waals surface area contributed by atoms with Gasteiger partial charge in [-0.1, -0.05) is 24.3 Å². The topological polar surface area (TPSA) is 112 Å². The van der Waals surface area contributed by atoms with E-state index in [1.807, 2.05) is 42.7 Å². The molecule has 10 nitrogen and oxygen atoms in total. The van der Waals surface area contributed by atoms with E-state index in [1.165, 1.54) is 6.07 Å². The summed E-state index contributed by atoms with van der Waals surface area (Å²) in [5.41, 5.74) is 15.4. The Labute approximate surface area is 206 Å². The van der Waals surface area contributed by atoms with Crippen LogP contribution in [0.5, 0.6) is 0 Å². The molecule has 4 N–H and O–H groups in total. The maximum absolute atomic E-state index is 14.8. The number of hydrogen-bond donors (Lipinski definition) is 4.